The van der Waals surface area contributed by atoms with Gasteiger partial charge in [-0.05, 0) is 40.6 Å². The summed E-state index contributed by atoms with van der Waals surface area (Å²) in [5.74, 6) is 0.689. The van der Waals surface area contributed by atoms with E-state index in [0.717, 1.165) is 0 Å². The lowest BCUT2D eigenvalue weighted by atomic mass is 10.2. The summed E-state index contributed by atoms with van der Waals surface area (Å²) >= 11 is 5.93. The Morgan fingerprint density at radius 1 is 1.07 bits per heavy atom. The number of aromatic nitrogens is 2. The molecule has 10 nitrogen and oxygen atoms in total. The largest absolute Gasteiger partial charge is 0.454 e. The predicted molar refractivity (Wildman–Crippen MR) is 96.9 cm³/mol. The van der Waals surface area contributed by atoms with Gasteiger partial charge in [-0.15, -0.1) is 0 Å². The highest BCUT2D eigenvalue weighted by atomic mass is 35.5. The van der Waals surface area contributed by atoms with E-state index in [-0.39, 0.29) is 46.7 Å². The van der Waals surface area contributed by atoms with Crippen LogP contribution in [0.25, 0.3) is 11.0 Å². The number of rotatable bonds is 6. The molecule has 12 heteroatoms. The molecule has 28 heavy (non-hydrogen) atoms. The van der Waals surface area contributed by atoms with Gasteiger partial charge in [-0.2, -0.15) is 0 Å². The minimum atomic E-state index is -3.90. The maximum Gasteiger partial charge on any atom is 0.251 e. The van der Waals surface area contributed by atoms with E-state index in [1.54, 1.807) is 18.2 Å². The van der Waals surface area contributed by atoms with E-state index in [1.807, 2.05) is 0 Å². The van der Waals surface area contributed by atoms with E-state index in [0.29, 0.717) is 17.1 Å². The first-order valence-corrected chi connectivity index (χ1v) is 9.90. The van der Waals surface area contributed by atoms with Gasteiger partial charge >= 0.3 is 0 Å². The van der Waals surface area contributed by atoms with Gasteiger partial charge in [0, 0.05) is 18.7 Å². The van der Waals surface area contributed by atoms with Crippen LogP contribution in [0.3, 0.4) is 0 Å². The standard InChI is InChI=1S/C16H13ClN4O6S/c17-10-2-4-13(15-14(10)20-27-21-15)28(23,24)19-6-5-18-16(22)9-1-3-11-12(7-9)26-8-25-11/h1-4,7,19H,5-6,8H2,(H,18,22). The topological polar surface area (TPSA) is 133 Å². The van der Waals surface area contributed by atoms with Crippen LogP contribution in [0.4, 0.5) is 0 Å². The summed E-state index contributed by atoms with van der Waals surface area (Å²) in [4.78, 5) is 12.1. The van der Waals surface area contributed by atoms with Crippen LogP contribution in [0.1, 0.15) is 10.4 Å². The number of sulfonamides is 1. The molecule has 1 aromatic heterocycles. The van der Waals surface area contributed by atoms with Crippen molar-refractivity contribution in [2.75, 3.05) is 19.9 Å². The van der Waals surface area contributed by atoms with Crippen molar-refractivity contribution in [1.82, 2.24) is 20.4 Å². The second-order valence-electron chi connectivity index (χ2n) is 5.73. The molecule has 0 aliphatic carbocycles. The number of hydrogen-bond donors (Lipinski definition) is 2. The minimum absolute atomic E-state index is 0.0318. The predicted octanol–water partition coefficient (Wildman–Crippen LogP) is 1.31. The monoisotopic (exact) mass is 424 g/mol. The number of nitrogens with zero attached hydrogens (tertiary/aromatic N) is 2. The first-order chi connectivity index (χ1) is 13.5. The van der Waals surface area contributed by atoms with Gasteiger partial charge in [0.25, 0.3) is 5.91 Å². The van der Waals surface area contributed by atoms with Crippen molar-refractivity contribution in [1.29, 1.82) is 0 Å². The maximum atomic E-state index is 12.5. The molecule has 3 aromatic rings. The Morgan fingerprint density at radius 2 is 1.86 bits per heavy atom. The summed E-state index contributed by atoms with van der Waals surface area (Å²) in [5.41, 5.74) is 0.560. The lowest BCUT2D eigenvalue weighted by Crippen LogP contribution is -2.34. The summed E-state index contributed by atoms with van der Waals surface area (Å²) in [6, 6.07) is 7.49. The minimum Gasteiger partial charge on any atom is -0.454 e. The zero-order valence-corrected chi connectivity index (χ0v) is 15.7. The third-order valence-electron chi connectivity index (χ3n) is 3.96. The van der Waals surface area contributed by atoms with Crippen molar-refractivity contribution in [3.8, 4) is 11.5 Å². The third kappa shape index (κ3) is 3.46. The van der Waals surface area contributed by atoms with Crippen LogP contribution in [-0.2, 0) is 10.0 Å². The Balaban J connectivity index is 1.37. The molecule has 1 aliphatic heterocycles. The average Bonchev–Trinajstić information content (AvgIpc) is 3.34. The molecule has 0 bridgehead atoms. The summed E-state index contributed by atoms with van der Waals surface area (Å²) in [5, 5.41) is 10.0. The van der Waals surface area contributed by atoms with E-state index in [9.17, 15) is 13.2 Å². The van der Waals surface area contributed by atoms with Gasteiger partial charge in [0.15, 0.2) is 22.5 Å². The van der Waals surface area contributed by atoms with Gasteiger partial charge in [0.05, 0.1) is 5.02 Å². The molecule has 2 N–H and O–H groups in total. The number of benzene rings is 2. The Labute approximate surface area is 163 Å². The summed E-state index contributed by atoms with van der Waals surface area (Å²) in [7, 11) is -3.90. The molecule has 1 aliphatic rings. The quantitative estimate of drug-likeness (QED) is 0.566. The maximum absolute atomic E-state index is 12.5. The molecule has 0 unspecified atom stereocenters. The summed E-state index contributed by atoms with van der Waals surface area (Å²) < 4.78 is 42.3. The number of carbonyl (C=O) groups is 1. The molecule has 2 heterocycles. The molecule has 2 aromatic carbocycles. The normalized spacial score (nSPS) is 13.0. The van der Waals surface area contributed by atoms with Crippen LogP contribution in [0.2, 0.25) is 5.02 Å². The van der Waals surface area contributed by atoms with Gasteiger partial charge in [-0.25, -0.2) is 17.8 Å². The fraction of sp³-hybridized carbons (Fsp3) is 0.188. The molecule has 0 spiro atoms. The van der Waals surface area contributed by atoms with Crippen molar-refractivity contribution < 1.29 is 27.3 Å². The molecule has 1 amide bonds. The number of fused-ring (bicyclic) bond motifs is 2. The Hall–Kier alpha value is -2.89. The van der Waals surface area contributed by atoms with E-state index < -0.39 is 10.0 Å². The summed E-state index contributed by atoms with van der Waals surface area (Å²) in [6.45, 7) is 0.148. The van der Waals surface area contributed by atoms with E-state index in [2.05, 4.69) is 25.0 Å². The molecule has 0 fully saturated rings. The van der Waals surface area contributed by atoms with Crippen molar-refractivity contribution in [3.63, 3.8) is 0 Å². The molecule has 146 valence electrons. The highest BCUT2D eigenvalue weighted by Crippen LogP contribution is 2.32. The first kappa shape index (κ1) is 18.5. The molecule has 0 radical (unpaired) electrons. The van der Waals surface area contributed by atoms with Gasteiger partial charge in [0.1, 0.15) is 4.90 Å². The molecule has 0 saturated heterocycles. The molecular weight excluding hydrogens is 412 g/mol. The Bertz CT molecular complexity index is 1160. The molecule has 0 atom stereocenters. The van der Waals surface area contributed by atoms with E-state index >= 15 is 0 Å². The summed E-state index contributed by atoms with van der Waals surface area (Å²) in [6.07, 6.45) is 0. The molecular formula is C16H13ClN4O6S. The molecule has 4 rings (SSSR count). The van der Waals surface area contributed by atoms with Crippen molar-refractivity contribution in [3.05, 3.63) is 40.9 Å². The van der Waals surface area contributed by atoms with Crippen molar-refractivity contribution in [2.45, 2.75) is 4.90 Å². The second-order valence-corrected chi connectivity index (χ2v) is 7.87. The zero-order chi connectivity index (χ0) is 19.7. The smallest absolute Gasteiger partial charge is 0.251 e. The highest BCUT2D eigenvalue weighted by Gasteiger charge is 2.22. The number of carbonyl (C=O) groups excluding carboxylic acids is 1. The fourth-order valence-electron chi connectivity index (χ4n) is 2.61. The van der Waals surface area contributed by atoms with Gasteiger partial charge in [-0.3, -0.25) is 4.79 Å². The number of nitrogens with one attached hydrogen (secondary N) is 2. The highest BCUT2D eigenvalue weighted by molar-refractivity contribution is 7.89. The number of hydrogen-bond acceptors (Lipinski definition) is 8. The molecule has 0 saturated carbocycles. The first-order valence-electron chi connectivity index (χ1n) is 8.04. The lowest BCUT2D eigenvalue weighted by molar-refractivity contribution is 0.0954. The van der Waals surface area contributed by atoms with Crippen LogP contribution in [0, 0.1) is 0 Å². The lowest BCUT2D eigenvalue weighted by Gasteiger charge is -2.09. The fourth-order valence-corrected chi connectivity index (χ4v) is 3.96. The van der Waals surface area contributed by atoms with Crippen LogP contribution in [0.5, 0.6) is 11.5 Å². The average molecular weight is 425 g/mol. The van der Waals surface area contributed by atoms with Gasteiger partial charge in [-0.1, -0.05) is 11.6 Å². The van der Waals surface area contributed by atoms with Crippen molar-refractivity contribution in [2.24, 2.45) is 0 Å². The van der Waals surface area contributed by atoms with Crippen LogP contribution in [-0.4, -0.2) is 44.5 Å². The van der Waals surface area contributed by atoms with Crippen LogP contribution < -0.4 is 19.5 Å². The van der Waals surface area contributed by atoms with E-state index in [4.69, 9.17) is 21.1 Å². The Kier molecular flexibility index (Phi) is 4.79. The van der Waals surface area contributed by atoms with E-state index in [1.165, 1.54) is 12.1 Å². The van der Waals surface area contributed by atoms with Crippen LogP contribution in [0.15, 0.2) is 39.9 Å². The SMILES string of the molecule is O=C(NCCNS(=O)(=O)c1ccc(Cl)c2nonc12)c1ccc2c(c1)OCO2. The Morgan fingerprint density at radius 3 is 2.71 bits per heavy atom. The van der Waals surface area contributed by atoms with Gasteiger partial charge in [0.2, 0.25) is 16.8 Å². The van der Waals surface area contributed by atoms with Crippen LogP contribution >= 0.6 is 11.6 Å². The number of ether oxygens (including phenoxy) is 2. The van der Waals surface area contributed by atoms with Gasteiger partial charge < -0.3 is 14.8 Å². The van der Waals surface area contributed by atoms with Crippen molar-refractivity contribution >= 4 is 38.6 Å². The second kappa shape index (κ2) is 7.26. The zero-order valence-electron chi connectivity index (χ0n) is 14.1. The number of amides is 1. The number of halogens is 1. The third-order valence-corrected chi connectivity index (χ3v) is 5.75.